The lowest BCUT2D eigenvalue weighted by Crippen LogP contribution is -2.23. The Morgan fingerprint density at radius 3 is 2.48 bits per heavy atom. The lowest BCUT2D eigenvalue weighted by atomic mass is 9.96. The van der Waals surface area contributed by atoms with E-state index in [0.717, 1.165) is 34.4 Å². The van der Waals surface area contributed by atoms with Gasteiger partial charge in [0, 0.05) is 23.2 Å². The van der Waals surface area contributed by atoms with Crippen LogP contribution < -0.4 is 10.9 Å². The molecule has 1 aliphatic rings. The van der Waals surface area contributed by atoms with Crippen LogP contribution in [0.2, 0.25) is 0 Å². The van der Waals surface area contributed by atoms with Crippen molar-refractivity contribution in [2.45, 2.75) is 39.2 Å². The molecule has 3 heterocycles. The molecule has 2 aromatic heterocycles. The van der Waals surface area contributed by atoms with E-state index < -0.39 is 0 Å². The highest BCUT2D eigenvalue weighted by atomic mass is 16.2. The summed E-state index contributed by atoms with van der Waals surface area (Å²) in [7, 11) is 0. The van der Waals surface area contributed by atoms with Gasteiger partial charge in [-0.3, -0.25) is 14.9 Å². The number of rotatable bonds is 6. The molecule has 1 amide bonds. The van der Waals surface area contributed by atoms with E-state index in [-0.39, 0.29) is 17.5 Å². The fourth-order valence-corrected chi connectivity index (χ4v) is 4.35. The number of anilines is 1. The van der Waals surface area contributed by atoms with E-state index in [1.807, 2.05) is 60.0 Å². The van der Waals surface area contributed by atoms with Crippen LogP contribution in [0.5, 0.6) is 0 Å². The number of aromatic amines is 1. The molecule has 0 bridgehead atoms. The standard InChI is InChI=1S/C24H23N7O2/c1-3-6-20-19(23(33)26-24-25-22(32)14(2)31(20)24)13-15-9-11-16(12-10-15)17-7-4-5-8-18(17)21-27-29-30-28-21/h4-5,7-12,14H,3,6,13H2,1-2H3,(H,25,26,32,33)(H,27,28,29,30). The molecule has 0 saturated heterocycles. The third-order valence-corrected chi connectivity index (χ3v) is 5.98. The lowest BCUT2D eigenvalue weighted by molar-refractivity contribution is -0.117. The Morgan fingerprint density at radius 1 is 1.03 bits per heavy atom. The van der Waals surface area contributed by atoms with Crippen LogP contribution in [0.15, 0.2) is 53.3 Å². The van der Waals surface area contributed by atoms with E-state index in [4.69, 9.17) is 0 Å². The third-order valence-electron chi connectivity index (χ3n) is 5.98. The number of H-pyrrole nitrogens is 1. The number of aromatic nitrogens is 6. The molecule has 1 atom stereocenters. The largest absolute Gasteiger partial charge is 0.303 e. The van der Waals surface area contributed by atoms with Gasteiger partial charge in [-0.2, -0.15) is 10.2 Å². The summed E-state index contributed by atoms with van der Waals surface area (Å²) in [4.78, 5) is 29.2. The number of carbonyl (C=O) groups excluding carboxylic acids is 1. The second-order valence-electron chi connectivity index (χ2n) is 8.11. The van der Waals surface area contributed by atoms with Crippen LogP contribution in [0, 0.1) is 0 Å². The number of nitrogens with zero attached hydrogens (tertiary/aromatic N) is 5. The average Bonchev–Trinajstić information content (AvgIpc) is 3.45. The van der Waals surface area contributed by atoms with Gasteiger partial charge in [0.2, 0.25) is 17.7 Å². The monoisotopic (exact) mass is 441 g/mol. The molecule has 9 heteroatoms. The number of hydrogen-bond acceptors (Lipinski definition) is 6. The van der Waals surface area contributed by atoms with E-state index in [2.05, 4.69) is 37.8 Å². The van der Waals surface area contributed by atoms with Crippen molar-refractivity contribution < 1.29 is 4.79 Å². The van der Waals surface area contributed by atoms with E-state index in [1.165, 1.54) is 0 Å². The fraction of sp³-hybridized carbons (Fsp3) is 0.250. The number of benzene rings is 2. The van der Waals surface area contributed by atoms with Crippen LogP contribution in [0.3, 0.4) is 0 Å². The minimum atomic E-state index is -0.377. The minimum Gasteiger partial charge on any atom is -0.303 e. The summed E-state index contributed by atoms with van der Waals surface area (Å²) >= 11 is 0. The number of tetrazole rings is 1. The first-order chi connectivity index (χ1) is 16.1. The minimum absolute atomic E-state index is 0.138. The molecule has 1 unspecified atom stereocenters. The summed E-state index contributed by atoms with van der Waals surface area (Å²) in [5, 5.41) is 17.1. The van der Waals surface area contributed by atoms with Gasteiger partial charge < -0.3 is 4.57 Å². The van der Waals surface area contributed by atoms with Gasteiger partial charge in [0.1, 0.15) is 6.04 Å². The van der Waals surface area contributed by atoms with Crippen molar-refractivity contribution in [3.8, 4) is 22.5 Å². The van der Waals surface area contributed by atoms with Gasteiger partial charge >= 0.3 is 0 Å². The van der Waals surface area contributed by atoms with Gasteiger partial charge in [-0.25, -0.2) is 0 Å². The summed E-state index contributed by atoms with van der Waals surface area (Å²) in [5.74, 6) is 0.743. The van der Waals surface area contributed by atoms with Crippen molar-refractivity contribution in [3.05, 3.63) is 75.7 Å². The number of amides is 1. The first-order valence-corrected chi connectivity index (χ1v) is 10.9. The quantitative estimate of drug-likeness (QED) is 0.475. The third kappa shape index (κ3) is 3.71. The summed E-state index contributed by atoms with van der Waals surface area (Å²) in [5.41, 5.74) is 5.13. The molecule has 1 aliphatic heterocycles. The van der Waals surface area contributed by atoms with Crippen LogP contribution in [0.1, 0.15) is 43.1 Å². The van der Waals surface area contributed by atoms with Gasteiger partial charge in [0.15, 0.2) is 0 Å². The zero-order chi connectivity index (χ0) is 22.9. The van der Waals surface area contributed by atoms with Gasteiger partial charge in [-0.15, -0.1) is 10.2 Å². The Balaban J connectivity index is 1.50. The van der Waals surface area contributed by atoms with Crippen LogP contribution in [0.4, 0.5) is 5.95 Å². The second-order valence-corrected chi connectivity index (χ2v) is 8.11. The predicted octanol–water partition coefficient (Wildman–Crippen LogP) is 3.15. The van der Waals surface area contributed by atoms with Crippen molar-refractivity contribution in [3.63, 3.8) is 0 Å². The summed E-state index contributed by atoms with van der Waals surface area (Å²) in [6.07, 6.45) is 2.02. The van der Waals surface area contributed by atoms with E-state index >= 15 is 0 Å². The van der Waals surface area contributed by atoms with E-state index in [1.54, 1.807) is 0 Å². The Bertz CT molecular complexity index is 1380. The molecule has 5 rings (SSSR count). The summed E-state index contributed by atoms with van der Waals surface area (Å²) in [6.45, 7) is 3.89. The van der Waals surface area contributed by atoms with Crippen molar-refractivity contribution in [1.82, 2.24) is 30.2 Å². The highest BCUT2D eigenvalue weighted by Crippen LogP contribution is 2.31. The maximum atomic E-state index is 12.9. The Kier molecular flexibility index (Phi) is 5.29. The maximum absolute atomic E-state index is 12.9. The molecule has 2 N–H and O–H groups in total. The maximum Gasteiger partial charge on any atom is 0.278 e. The molecule has 0 saturated carbocycles. The van der Waals surface area contributed by atoms with Gasteiger partial charge in [0.05, 0.1) is 0 Å². The highest BCUT2D eigenvalue weighted by Gasteiger charge is 2.30. The molecule has 0 spiro atoms. The second kappa shape index (κ2) is 8.42. The van der Waals surface area contributed by atoms with E-state index in [0.29, 0.717) is 30.2 Å². The zero-order valence-electron chi connectivity index (χ0n) is 18.4. The number of carbonyl (C=O) groups is 1. The molecule has 33 heavy (non-hydrogen) atoms. The lowest BCUT2D eigenvalue weighted by Gasteiger charge is -2.17. The van der Waals surface area contributed by atoms with Crippen molar-refractivity contribution in [2.24, 2.45) is 0 Å². The van der Waals surface area contributed by atoms with Gasteiger partial charge in [-0.1, -0.05) is 61.9 Å². The van der Waals surface area contributed by atoms with Crippen molar-refractivity contribution in [1.29, 1.82) is 0 Å². The molecule has 2 aromatic carbocycles. The van der Waals surface area contributed by atoms with Gasteiger partial charge in [-0.05, 0) is 35.2 Å². The zero-order valence-corrected chi connectivity index (χ0v) is 18.4. The molecular formula is C24H23N7O2. The van der Waals surface area contributed by atoms with E-state index in [9.17, 15) is 9.59 Å². The number of fused-ring (bicyclic) bond motifs is 1. The van der Waals surface area contributed by atoms with Crippen molar-refractivity contribution in [2.75, 3.05) is 5.32 Å². The first-order valence-electron chi connectivity index (χ1n) is 10.9. The number of hydrogen-bond donors (Lipinski definition) is 2. The van der Waals surface area contributed by atoms with Gasteiger partial charge in [0.25, 0.3) is 5.56 Å². The Labute approximate surface area is 189 Å². The number of nitrogens with one attached hydrogen (secondary N) is 2. The van der Waals surface area contributed by atoms with Crippen LogP contribution in [-0.2, 0) is 17.6 Å². The molecule has 4 aromatic rings. The fourth-order valence-electron chi connectivity index (χ4n) is 4.35. The Morgan fingerprint density at radius 2 is 1.79 bits per heavy atom. The average molecular weight is 441 g/mol. The SMILES string of the molecule is CCCc1c(Cc2ccc(-c3ccccc3-c3nn[nH]n3)cc2)c(=O)nc2n1C(C)C(=O)N2. The topological polar surface area (TPSA) is 118 Å². The molecule has 9 nitrogen and oxygen atoms in total. The molecular weight excluding hydrogens is 418 g/mol. The van der Waals surface area contributed by atoms with Crippen LogP contribution in [-0.4, -0.2) is 36.1 Å². The first kappa shape index (κ1) is 20.7. The van der Waals surface area contributed by atoms with Crippen LogP contribution >= 0.6 is 0 Å². The van der Waals surface area contributed by atoms with Crippen LogP contribution in [0.25, 0.3) is 22.5 Å². The smallest absolute Gasteiger partial charge is 0.278 e. The summed E-state index contributed by atoms with van der Waals surface area (Å²) in [6, 6.07) is 15.6. The molecule has 166 valence electrons. The molecule has 0 aliphatic carbocycles. The normalized spacial score (nSPS) is 14.8. The molecule has 0 fully saturated rings. The highest BCUT2D eigenvalue weighted by molar-refractivity contribution is 5.95. The summed E-state index contributed by atoms with van der Waals surface area (Å²) < 4.78 is 1.87. The molecule has 0 radical (unpaired) electrons. The van der Waals surface area contributed by atoms with Crippen molar-refractivity contribution >= 4 is 11.9 Å². The Hall–Kier alpha value is -4.14. The predicted molar refractivity (Wildman–Crippen MR) is 124 cm³/mol.